The van der Waals surface area contributed by atoms with Crippen LogP contribution in [0.25, 0.3) is 0 Å². The molecule has 1 unspecified atom stereocenters. The van der Waals surface area contributed by atoms with Gasteiger partial charge in [-0.15, -0.1) is 0 Å². The van der Waals surface area contributed by atoms with E-state index in [9.17, 15) is 5.11 Å². The van der Waals surface area contributed by atoms with E-state index >= 15 is 4.57 Å². The van der Waals surface area contributed by atoms with Crippen LogP contribution in [0, 0.1) is 6.92 Å². The van der Waals surface area contributed by atoms with Gasteiger partial charge in [-0.1, -0.05) is 103 Å². The number of hydrogen-bond donors (Lipinski definition) is 1. The first-order valence-corrected chi connectivity index (χ1v) is 11.4. The van der Waals surface area contributed by atoms with Crippen LogP contribution in [0.4, 0.5) is 0 Å². The van der Waals surface area contributed by atoms with Crippen molar-refractivity contribution in [2.75, 3.05) is 0 Å². The highest BCUT2D eigenvalue weighted by atomic mass is 31.2. The molecule has 0 amide bonds. The molecule has 144 valence electrons. The quantitative estimate of drug-likeness (QED) is 0.431. The molecule has 0 saturated carbocycles. The first-order valence-electron chi connectivity index (χ1n) is 9.67. The van der Waals surface area contributed by atoms with Gasteiger partial charge in [0, 0.05) is 16.2 Å². The van der Waals surface area contributed by atoms with E-state index in [0.717, 1.165) is 21.7 Å². The molecule has 0 saturated heterocycles. The predicted molar refractivity (Wildman–Crippen MR) is 121 cm³/mol. The number of aryl methyl sites for hydroxylation is 1. The van der Waals surface area contributed by atoms with Crippen molar-refractivity contribution in [1.82, 2.24) is 0 Å². The average molecular weight is 398 g/mol. The molecule has 0 aliphatic heterocycles. The van der Waals surface area contributed by atoms with E-state index in [1.54, 1.807) is 12.1 Å². The Hall–Kier alpha value is -3.09. The van der Waals surface area contributed by atoms with Crippen LogP contribution < -0.4 is 10.6 Å². The monoisotopic (exact) mass is 398 g/mol. The maximum atomic E-state index is 15.1. The van der Waals surface area contributed by atoms with Crippen LogP contribution in [0.5, 0.6) is 5.75 Å². The van der Waals surface area contributed by atoms with E-state index < -0.39 is 12.8 Å². The van der Waals surface area contributed by atoms with Gasteiger partial charge in [-0.3, -0.25) is 0 Å². The first kappa shape index (κ1) is 19.2. The Morgan fingerprint density at radius 1 is 0.621 bits per heavy atom. The summed E-state index contributed by atoms with van der Waals surface area (Å²) >= 11 is 0. The van der Waals surface area contributed by atoms with Crippen LogP contribution in [0.3, 0.4) is 0 Å². The van der Waals surface area contributed by atoms with E-state index in [1.807, 2.05) is 104 Å². The summed E-state index contributed by atoms with van der Waals surface area (Å²) < 4.78 is 15.1. The zero-order valence-corrected chi connectivity index (χ0v) is 17.2. The molecule has 1 N–H and O–H groups in total. The summed E-state index contributed by atoms with van der Waals surface area (Å²) in [5.74, 6) is 0.160. The zero-order valence-electron chi connectivity index (χ0n) is 16.3. The van der Waals surface area contributed by atoms with Crippen LogP contribution >= 0.6 is 7.14 Å². The topological polar surface area (TPSA) is 37.3 Å². The van der Waals surface area contributed by atoms with E-state index in [0.29, 0.717) is 5.56 Å². The molecule has 29 heavy (non-hydrogen) atoms. The lowest BCUT2D eigenvalue weighted by Gasteiger charge is -2.31. The number of para-hydroxylation sites is 1. The van der Waals surface area contributed by atoms with Gasteiger partial charge < -0.3 is 9.67 Å². The van der Waals surface area contributed by atoms with Gasteiger partial charge in [0.05, 0.1) is 5.66 Å². The van der Waals surface area contributed by atoms with Crippen molar-refractivity contribution in [2.45, 2.75) is 12.6 Å². The Morgan fingerprint density at radius 2 is 1.07 bits per heavy atom. The SMILES string of the molecule is Cc1ccccc1C(c1ccccc1O)P(=O)(c1ccccc1)c1ccccc1. The lowest BCUT2D eigenvalue weighted by molar-refractivity contribution is 0.468. The Morgan fingerprint density at radius 3 is 1.59 bits per heavy atom. The van der Waals surface area contributed by atoms with Gasteiger partial charge in [0.25, 0.3) is 0 Å². The summed E-state index contributed by atoms with van der Waals surface area (Å²) in [5.41, 5.74) is 2.20. The zero-order chi connectivity index (χ0) is 20.3. The molecule has 2 nitrogen and oxygen atoms in total. The number of phenolic OH excluding ortho intramolecular Hbond substituents is 1. The molecular weight excluding hydrogens is 375 g/mol. The third-order valence-corrected chi connectivity index (χ3v) is 8.77. The summed E-state index contributed by atoms with van der Waals surface area (Å²) in [4.78, 5) is 0. The van der Waals surface area contributed by atoms with Gasteiger partial charge in [-0.2, -0.15) is 0 Å². The average Bonchev–Trinajstić information content (AvgIpc) is 2.77. The van der Waals surface area contributed by atoms with Crippen molar-refractivity contribution < 1.29 is 9.67 Å². The summed E-state index contributed by atoms with van der Waals surface area (Å²) in [7, 11) is -3.19. The minimum absolute atomic E-state index is 0.160. The van der Waals surface area contributed by atoms with Crippen LogP contribution in [-0.4, -0.2) is 5.11 Å². The van der Waals surface area contributed by atoms with Crippen molar-refractivity contribution in [3.8, 4) is 5.75 Å². The molecule has 4 aromatic carbocycles. The van der Waals surface area contributed by atoms with Gasteiger partial charge >= 0.3 is 0 Å². The maximum absolute atomic E-state index is 15.1. The molecule has 3 heteroatoms. The largest absolute Gasteiger partial charge is 0.508 e. The molecule has 0 spiro atoms. The van der Waals surface area contributed by atoms with Gasteiger partial charge in [0.2, 0.25) is 0 Å². The molecular formula is C26H23O2P. The highest BCUT2D eigenvalue weighted by Gasteiger charge is 2.40. The highest BCUT2D eigenvalue weighted by molar-refractivity contribution is 7.79. The minimum Gasteiger partial charge on any atom is -0.508 e. The molecule has 0 aromatic heterocycles. The second-order valence-electron chi connectivity index (χ2n) is 7.15. The van der Waals surface area contributed by atoms with Crippen LogP contribution in [-0.2, 0) is 4.57 Å². The molecule has 0 aliphatic carbocycles. The standard InChI is InChI=1S/C26H23O2P/c1-20-12-8-9-17-23(20)26(24-18-10-11-19-25(24)27)29(28,21-13-4-2-5-14-21)22-15-6-3-7-16-22/h2-19,26-27H,1H3. The number of benzene rings is 4. The van der Waals surface area contributed by atoms with Crippen molar-refractivity contribution >= 4 is 17.8 Å². The van der Waals surface area contributed by atoms with Crippen molar-refractivity contribution in [3.05, 3.63) is 126 Å². The van der Waals surface area contributed by atoms with Gasteiger partial charge in [-0.25, -0.2) is 0 Å². The van der Waals surface area contributed by atoms with E-state index in [4.69, 9.17) is 0 Å². The predicted octanol–water partition coefficient (Wildman–Crippen LogP) is 5.80. The molecule has 1 atom stereocenters. The Balaban J connectivity index is 2.09. The minimum atomic E-state index is -3.19. The second kappa shape index (κ2) is 8.11. The maximum Gasteiger partial charge on any atom is 0.154 e. The van der Waals surface area contributed by atoms with Crippen molar-refractivity contribution in [3.63, 3.8) is 0 Å². The summed E-state index contributed by atoms with van der Waals surface area (Å²) in [5, 5.41) is 12.3. The number of phenols is 1. The third kappa shape index (κ3) is 3.52. The van der Waals surface area contributed by atoms with E-state index in [1.165, 1.54) is 0 Å². The Kier molecular flexibility index (Phi) is 5.38. The lowest BCUT2D eigenvalue weighted by atomic mass is 9.99. The number of rotatable bonds is 5. The fraction of sp³-hybridized carbons (Fsp3) is 0.0769. The Bertz CT molecular complexity index is 1060. The van der Waals surface area contributed by atoms with Crippen LogP contribution in [0.2, 0.25) is 0 Å². The molecule has 4 aromatic rings. The van der Waals surface area contributed by atoms with Gasteiger partial charge in [0.1, 0.15) is 5.75 Å². The van der Waals surface area contributed by atoms with E-state index in [-0.39, 0.29) is 5.75 Å². The molecule has 0 fully saturated rings. The lowest BCUT2D eigenvalue weighted by Crippen LogP contribution is -2.22. The van der Waals surface area contributed by atoms with Gasteiger partial charge in [-0.05, 0) is 24.1 Å². The molecule has 4 rings (SSSR count). The molecule has 0 heterocycles. The van der Waals surface area contributed by atoms with E-state index in [2.05, 4.69) is 0 Å². The van der Waals surface area contributed by atoms with Crippen LogP contribution in [0.1, 0.15) is 22.3 Å². The molecule has 0 radical (unpaired) electrons. The summed E-state index contributed by atoms with van der Waals surface area (Å²) in [6.07, 6.45) is 0. The van der Waals surface area contributed by atoms with Crippen molar-refractivity contribution in [2.24, 2.45) is 0 Å². The third-order valence-electron chi connectivity index (χ3n) is 5.36. The fourth-order valence-corrected chi connectivity index (χ4v) is 7.33. The summed E-state index contributed by atoms with van der Waals surface area (Å²) in [6.45, 7) is 2.03. The van der Waals surface area contributed by atoms with Crippen LogP contribution in [0.15, 0.2) is 109 Å². The molecule has 0 bridgehead atoms. The normalized spacial score (nSPS) is 12.4. The number of hydrogen-bond acceptors (Lipinski definition) is 2. The highest BCUT2D eigenvalue weighted by Crippen LogP contribution is 2.61. The first-order chi connectivity index (χ1) is 14.1. The summed E-state index contributed by atoms with van der Waals surface area (Å²) in [6, 6.07) is 34.5. The smallest absolute Gasteiger partial charge is 0.154 e. The number of aromatic hydroxyl groups is 1. The fourth-order valence-electron chi connectivity index (χ4n) is 3.92. The van der Waals surface area contributed by atoms with Crippen molar-refractivity contribution in [1.29, 1.82) is 0 Å². The molecule has 0 aliphatic rings. The second-order valence-corrected chi connectivity index (χ2v) is 10.0. The van der Waals surface area contributed by atoms with Gasteiger partial charge in [0.15, 0.2) is 7.14 Å². The Labute approximate surface area is 171 Å².